The Morgan fingerprint density at radius 2 is 1.96 bits per heavy atom. The molecule has 1 aliphatic rings. The molecule has 7 heteroatoms. The summed E-state index contributed by atoms with van der Waals surface area (Å²) in [6, 6.07) is 6.16. The first kappa shape index (κ1) is 19.0. The van der Waals surface area contributed by atoms with Crippen LogP contribution >= 0.6 is 0 Å². The number of carbonyl (C=O) groups excluding carboxylic acids is 1. The van der Waals surface area contributed by atoms with Gasteiger partial charge in [0.15, 0.2) is 0 Å². The van der Waals surface area contributed by atoms with E-state index in [4.69, 9.17) is 14.7 Å². The fraction of sp³-hybridized carbons (Fsp3) is 0.556. The third-order valence-corrected chi connectivity index (χ3v) is 3.78. The van der Waals surface area contributed by atoms with Gasteiger partial charge in [-0.15, -0.1) is 0 Å². The minimum Gasteiger partial charge on any atom is -0.491 e. The summed E-state index contributed by atoms with van der Waals surface area (Å²) in [5, 5.41) is 8.98. The number of hydrogen-bond donors (Lipinski definition) is 0. The Hall–Kier alpha value is -2.33. The van der Waals surface area contributed by atoms with Crippen LogP contribution in [0.1, 0.15) is 26.3 Å². The van der Waals surface area contributed by atoms with Crippen molar-refractivity contribution in [2.75, 3.05) is 39.3 Å². The average Bonchev–Trinajstić information content (AvgIpc) is 2.54. The van der Waals surface area contributed by atoms with Gasteiger partial charge < -0.3 is 14.4 Å². The molecule has 1 aromatic rings. The molecule has 1 saturated heterocycles. The molecule has 0 N–H and O–H groups in total. The average molecular weight is 349 g/mol. The van der Waals surface area contributed by atoms with Gasteiger partial charge in [0.1, 0.15) is 35.4 Å². The SMILES string of the molecule is CC(C)(C)OC(=O)N1CCN(CCOc2cccc(F)c2C#N)CC1. The molecule has 1 fully saturated rings. The van der Waals surface area contributed by atoms with Gasteiger partial charge in [0.25, 0.3) is 0 Å². The van der Waals surface area contributed by atoms with E-state index in [1.165, 1.54) is 12.1 Å². The van der Waals surface area contributed by atoms with Crippen molar-refractivity contribution in [2.45, 2.75) is 26.4 Å². The van der Waals surface area contributed by atoms with Crippen molar-refractivity contribution in [3.8, 4) is 11.8 Å². The number of halogens is 1. The third kappa shape index (κ3) is 5.61. The summed E-state index contributed by atoms with van der Waals surface area (Å²) in [6.45, 7) is 9.17. The molecule has 0 aromatic heterocycles. The maximum Gasteiger partial charge on any atom is 0.410 e. The van der Waals surface area contributed by atoms with Gasteiger partial charge in [-0.25, -0.2) is 9.18 Å². The zero-order valence-corrected chi connectivity index (χ0v) is 14.9. The Bertz CT molecular complexity index is 644. The summed E-state index contributed by atoms with van der Waals surface area (Å²) in [4.78, 5) is 15.9. The fourth-order valence-corrected chi connectivity index (χ4v) is 2.50. The molecule has 0 bridgehead atoms. The molecule has 0 spiro atoms. The van der Waals surface area contributed by atoms with Crippen LogP contribution in [0.3, 0.4) is 0 Å². The van der Waals surface area contributed by atoms with E-state index in [2.05, 4.69) is 4.90 Å². The summed E-state index contributed by atoms with van der Waals surface area (Å²) in [5.41, 5.74) is -0.567. The normalized spacial score (nSPS) is 15.6. The second kappa shape index (κ2) is 8.17. The number of piperazine rings is 1. The van der Waals surface area contributed by atoms with Crippen LogP contribution in [0.5, 0.6) is 5.75 Å². The minimum atomic E-state index is -0.578. The monoisotopic (exact) mass is 349 g/mol. The molecule has 1 aromatic carbocycles. The zero-order valence-electron chi connectivity index (χ0n) is 14.9. The van der Waals surface area contributed by atoms with E-state index < -0.39 is 11.4 Å². The Labute approximate surface area is 147 Å². The molecular weight excluding hydrogens is 325 g/mol. The first-order valence-electron chi connectivity index (χ1n) is 8.32. The number of hydrogen-bond acceptors (Lipinski definition) is 5. The number of nitrogens with zero attached hydrogens (tertiary/aromatic N) is 3. The topological polar surface area (TPSA) is 65.8 Å². The highest BCUT2D eigenvalue weighted by atomic mass is 19.1. The number of rotatable bonds is 4. The number of nitriles is 1. The first-order valence-corrected chi connectivity index (χ1v) is 8.32. The molecule has 1 heterocycles. The van der Waals surface area contributed by atoms with Crippen LogP contribution in [-0.2, 0) is 4.74 Å². The van der Waals surface area contributed by atoms with Crippen LogP contribution in [0.15, 0.2) is 18.2 Å². The van der Waals surface area contributed by atoms with E-state index in [0.717, 1.165) is 13.1 Å². The van der Waals surface area contributed by atoms with Gasteiger partial charge in [0, 0.05) is 32.7 Å². The van der Waals surface area contributed by atoms with E-state index in [9.17, 15) is 9.18 Å². The van der Waals surface area contributed by atoms with Crippen LogP contribution in [-0.4, -0.2) is 60.8 Å². The van der Waals surface area contributed by atoms with Gasteiger partial charge in [-0.1, -0.05) is 6.07 Å². The van der Waals surface area contributed by atoms with Crippen LogP contribution in [0.4, 0.5) is 9.18 Å². The Morgan fingerprint density at radius 3 is 2.56 bits per heavy atom. The maximum absolute atomic E-state index is 13.5. The Balaban J connectivity index is 1.75. The lowest BCUT2D eigenvalue weighted by atomic mass is 10.2. The second-order valence-corrected chi connectivity index (χ2v) is 6.88. The Kier molecular flexibility index (Phi) is 6.21. The quantitative estimate of drug-likeness (QED) is 0.836. The molecular formula is C18H24FN3O3. The fourth-order valence-electron chi connectivity index (χ4n) is 2.50. The summed E-state index contributed by atoms with van der Waals surface area (Å²) in [7, 11) is 0. The molecule has 0 aliphatic carbocycles. The van der Waals surface area contributed by atoms with Crippen molar-refractivity contribution in [1.29, 1.82) is 5.26 Å². The largest absolute Gasteiger partial charge is 0.491 e. The van der Waals surface area contributed by atoms with Crippen molar-refractivity contribution in [3.63, 3.8) is 0 Å². The highest BCUT2D eigenvalue weighted by molar-refractivity contribution is 5.68. The summed E-state index contributed by atoms with van der Waals surface area (Å²) in [6.07, 6.45) is -0.290. The lowest BCUT2D eigenvalue weighted by molar-refractivity contribution is 0.0137. The van der Waals surface area contributed by atoms with Crippen LogP contribution in [0.2, 0.25) is 0 Å². The molecule has 6 nitrogen and oxygen atoms in total. The minimum absolute atomic E-state index is 0.0720. The molecule has 1 amide bonds. The van der Waals surface area contributed by atoms with Crippen molar-refractivity contribution < 1.29 is 18.7 Å². The molecule has 0 saturated carbocycles. The highest BCUT2D eigenvalue weighted by Crippen LogP contribution is 2.20. The zero-order chi connectivity index (χ0) is 18.4. The van der Waals surface area contributed by atoms with E-state index in [0.29, 0.717) is 26.2 Å². The van der Waals surface area contributed by atoms with E-state index in [1.54, 1.807) is 11.0 Å². The summed E-state index contributed by atoms with van der Waals surface area (Å²) < 4.78 is 24.4. The number of benzene rings is 1. The molecule has 136 valence electrons. The maximum atomic E-state index is 13.5. The van der Waals surface area contributed by atoms with Gasteiger partial charge in [-0.2, -0.15) is 5.26 Å². The number of amides is 1. The van der Waals surface area contributed by atoms with E-state index in [-0.39, 0.29) is 17.4 Å². The van der Waals surface area contributed by atoms with Gasteiger partial charge in [-0.3, -0.25) is 4.90 Å². The lowest BCUT2D eigenvalue weighted by Gasteiger charge is -2.35. The van der Waals surface area contributed by atoms with Gasteiger partial charge >= 0.3 is 6.09 Å². The molecule has 2 rings (SSSR count). The molecule has 0 atom stereocenters. The highest BCUT2D eigenvalue weighted by Gasteiger charge is 2.25. The smallest absolute Gasteiger partial charge is 0.410 e. The predicted octanol–water partition coefficient (Wildman–Crippen LogP) is 2.63. The Morgan fingerprint density at radius 1 is 1.28 bits per heavy atom. The summed E-state index contributed by atoms with van der Waals surface area (Å²) >= 11 is 0. The first-order chi connectivity index (χ1) is 11.8. The van der Waals surface area contributed by atoms with Gasteiger partial charge in [-0.05, 0) is 32.9 Å². The lowest BCUT2D eigenvalue weighted by Crippen LogP contribution is -2.50. The molecule has 0 unspecified atom stereocenters. The number of ether oxygens (including phenoxy) is 2. The van der Waals surface area contributed by atoms with Crippen LogP contribution < -0.4 is 4.74 Å². The predicted molar refractivity (Wildman–Crippen MR) is 90.9 cm³/mol. The molecule has 1 aliphatic heterocycles. The molecule has 25 heavy (non-hydrogen) atoms. The van der Waals surface area contributed by atoms with Gasteiger partial charge in [0.05, 0.1) is 0 Å². The van der Waals surface area contributed by atoms with E-state index >= 15 is 0 Å². The van der Waals surface area contributed by atoms with Crippen LogP contribution in [0.25, 0.3) is 0 Å². The van der Waals surface area contributed by atoms with Gasteiger partial charge in [0.2, 0.25) is 0 Å². The van der Waals surface area contributed by atoms with Crippen molar-refractivity contribution in [3.05, 3.63) is 29.6 Å². The second-order valence-electron chi connectivity index (χ2n) is 6.88. The molecule has 0 radical (unpaired) electrons. The van der Waals surface area contributed by atoms with Crippen molar-refractivity contribution >= 4 is 6.09 Å². The summed E-state index contributed by atoms with van der Waals surface area (Å²) in [5.74, 6) is -0.319. The standard InChI is InChI=1S/C18H24FN3O3/c1-18(2,3)25-17(23)22-9-7-21(8-10-22)11-12-24-16-6-4-5-15(19)14(16)13-20/h4-6H,7-12H2,1-3H3. The van der Waals surface area contributed by atoms with E-state index in [1.807, 2.05) is 26.8 Å². The third-order valence-electron chi connectivity index (χ3n) is 3.78. The van der Waals surface area contributed by atoms with Crippen LogP contribution in [0, 0.1) is 17.1 Å². The van der Waals surface area contributed by atoms with Crippen molar-refractivity contribution in [2.24, 2.45) is 0 Å². The number of carbonyl (C=O) groups is 1. The van der Waals surface area contributed by atoms with Crippen molar-refractivity contribution in [1.82, 2.24) is 9.80 Å².